The first-order chi connectivity index (χ1) is 12.8. The summed E-state index contributed by atoms with van der Waals surface area (Å²) in [7, 11) is 1.52. The molecule has 7 heteroatoms. The van der Waals surface area contributed by atoms with Crippen LogP contribution in [0.1, 0.15) is 31.1 Å². The van der Waals surface area contributed by atoms with Crippen molar-refractivity contribution in [3.8, 4) is 11.5 Å². The van der Waals surface area contributed by atoms with Crippen molar-refractivity contribution in [3.63, 3.8) is 0 Å². The van der Waals surface area contributed by atoms with Gasteiger partial charge in [0.05, 0.1) is 22.9 Å². The third kappa shape index (κ3) is 4.43. The Bertz CT molecular complexity index is 890. The molecule has 0 radical (unpaired) electrons. The monoisotopic (exact) mass is 405 g/mol. The highest BCUT2D eigenvalue weighted by Gasteiger charge is 2.20. The first kappa shape index (κ1) is 20.8. The molecule has 27 heavy (non-hydrogen) atoms. The van der Waals surface area contributed by atoms with Crippen LogP contribution in [0, 0.1) is 5.41 Å². The van der Waals surface area contributed by atoms with E-state index in [9.17, 15) is 0 Å². The molecule has 0 aliphatic rings. The number of hydrogen-bond acceptors (Lipinski definition) is 5. The third-order valence-electron chi connectivity index (χ3n) is 4.03. The van der Waals surface area contributed by atoms with E-state index in [1.54, 1.807) is 24.3 Å². The molecule has 2 rings (SSSR count). The largest absolute Gasteiger partial charge is 0.493 e. The van der Waals surface area contributed by atoms with E-state index < -0.39 is 6.10 Å². The van der Waals surface area contributed by atoms with Crippen molar-refractivity contribution in [1.82, 2.24) is 4.98 Å². The summed E-state index contributed by atoms with van der Waals surface area (Å²) in [4.78, 5) is 3.95. The minimum absolute atomic E-state index is 0.241. The van der Waals surface area contributed by atoms with Crippen molar-refractivity contribution >= 4 is 34.6 Å². The second kappa shape index (κ2) is 8.93. The van der Waals surface area contributed by atoms with Crippen LogP contribution in [-0.4, -0.2) is 17.8 Å². The number of hydrogen-bond donors (Lipinski definition) is 2. The molecule has 0 saturated carbocycles. The average Bonchev–Trinajstić information content (AvgIpc) is 2.63. The number of anilines is 1. The van der Waals surface area contributed by atoms with Crippen LogP contribution in [0.2, 0.25) is 10.0 Å². The van der Waals surface area contributed by atoms with Gasteiger partial charge in [-0.25, -0.2) is 0 Å². The lowest BCUT2D eigenvalue weighted by Crippen LogP contribution is -2.10. The molecule has 2 aromatic rings. The van der Waals surface area contributed by atoms with Gasteiger partial charge in [-0.3, -0.25) is 10.4 Å². The van der Waals surface area contributed by atoms with Gasteiger partial charge in [-0.15, -0.1) is 0 Å². The normalized spacial score (nSPS) is 12.4. The molecule has 142 valence electrons. The maximum atomic E-state index is 8.40. The fourth-order valence-electron chi connectivity index (χ4n) is 2.62. The summed E-state index contributed by atoms with van der Waals surface area (Å²) in [5, 5.41) is 9.21. The van der Waals surface area contributed by atoms with Gasteiger partial charge in [0, 0.05) is 35.3 Å². The molecule has 3 N–H and O–H groups in total. The van der Waals surface area contributed by atoms with Gasteiger partial charge in [0.25, 0.3) is 0 Å². The zero-order valence-electron chi connectivity index (χ0n) is 15.3. The van der Waals surface area contributed by atoms with Crippen LogP contribution in [0.3, 0.4) is 0 Å². The van der Waals surface area contributed by atoms with Crippen molar-refractivity contribution in [2.24, 2.45) is 0 Å². The Balaban J connectivity index is 2.48. The lowest BCUT2D eigenvalue weighted by atomic mass is 10.00. The fourth-order valence-corrected chi connectivity index (χ4v) is 3.29. The summed E-state index contributed by atoms with van der Waals surface area (Å²) >= 11 is 12.4. The molecule has 1 aromatic heterocycles. The molecule has 5 nitrogen and oxygen atoms in total. The molecule has 1 atom stereocenters. The SMILES string of the molecule is C=C/C(=C\C)C(=N)c1cc(O[C@H](C)c2c(Cl)cncc2Cl)c(OC)cc1N. The molecule has 0 fully saturated rings. The van der Waals surface area contributed by atoms with Crippen molar-refractivity contribution in [1.29, 1.82) is 5.41 Å². The Hall–Kier alpha value is -2.50. The fraction of sp³-hybridized carbons (Fsp3) is 0.200. The molecular formula is C20H21Cl2N3O2. The van der Waals surface area contributed by atoms with Gasteiger partial charge in [-0.1, -0.05) is 41.9 Å². The van der Waals surface area contributed by atoms with Gasteiger partial charge >= 0.3 is 0 Å². The van der Waals surface area contributed by atoms with E-state index in [0.29, 0.717) is 43.9 Å². The van der Waals surface area contributed by atoms with Gasteiger partial charge < -0.3 is 15.2 Å². The predicted molar refractivity (Wildman–Crippen MR) is 111 cm³/mol. The molecule has 0 aliphatic heterocycles. The topological polar surface area (TPSA) is 81.2 Å². The van der Waals surface area contributed by atoms with Crippen molar-refractivity contribution in [2.45, 2.75) is 20.0 Å². The second-order valence-corrected chi connectivity index (χ2v) is 6.50. The summed E-state index contributed by atoms with van der Waals surface area (Å²) in [6.07, 6.45) is 5.93. The summed E-state index contributed by atoms with van der Waals surface area (Å²) in [5.74, 6) is 0.861. The quantitative estimate of drug-likeness (QED) is 0.355. The van der Waals surface area contributed by atoms with Crippen molar-refractivity contribution in [3.05, 3.63) is 70.0 Å². The number of halogens is 2. The minimum Gasteiger partial charge on any atom is -0.493 e. The molecule has 1 heterocycles. The Kier molecular flexibility index (Phi) is 6.88. The highest BCUT2D eigenvalue weighted by Crippen LogP contribution is 2.38. The number of methoxy groups -OCH3 is 1. The standard InChI is InChI=1S/C20H21Cl2N3O2/c1-5-12(6-2)20(24)13-7-18(17(26-4)8-16(13)23)27-11(3)19-14(21)9-25-10-15(19)22/h5-11,24H,1,23H2,2-4H3/b12-6+,24-20?/t11-/m1/s1. The third-order valence-corrected chi connectivity index (χ3v) is 4.63. The van der Waals surface area contributed by atoms with Crippen LogP contribution in [0.15, 0.2) is 48.8 Å². The van der Waals surface area contributed by atoms with Crippen molar-refractivity contribution < 1.29 is 9.47 Å². The number of nitrogens with zero attached hydrogens (tertiary/aromatic N) is 1. The van der Waals surface area contributed by atoms with E-state index in [-0.39, 0.29) is 5.71 Å². The number of rotatable bonds is 7. The maximum absolute atomic E-state index is 8.40. The summed E-state index contributed by atoms with van der Waals surface area (Å²) in [6.45, 7) is 7.38. The van der Waals surface area contributed by atoms with Gasteiger partial charge in [0.2, 0.25) is 0 Å². The highest BCUT2D eigenvalue weighted by molar-refractivity contribution is 6.35. The van der Waals surface area contributed by atoms with Crippen LogP contribution in [0.5, 0.6) is 11.5 Å². The van der Waals surface area contributed by atoms with Crippen LogP contribution >= 0.6 is 23.2 Å². The van der Waals surface area contributed by atoms with Gasteiger partial charge in [-0.2, -0.15) is 0 Å². The van der Waals surface area contributed by atoms with E-state index in [4.69, 9.17) is 43.8 Å². The average molecular weight is 406 g/mol. The number of pyridine rings is 1. The summed E-state index contributed by atoms with van der Waals surface area (Å²) in [6, 6.07) is 3.29. The van der Waals surface area contributed by atoms with Crippen LogP contribution in [0.4, 0.5) is 5.69 Å². The Morgan fingerprint density at radius 3 is 2.41 bits per heavy atom. The van der Waals surface area contributed by atoms with Gasteiger partial charge in [-0.05, 0) is 25.5 Å². The first-order valence-corrected chi connectivity index (χ1v) is 8.90. The maximum Gasteiger partial charge on any atom is 0.162 e. The smallest absolute Gasteiger partial charge is 0.162 e. The number of benzene rings is 1. The number of nitrogens with two attached hydrogens (primary N) is 1. The van der Waals surface area contributed by atoms with Crippen molar-refractivity contribution in [2.75, 3.05) is 12.8 Å². The summed E-state index contributed by atoms with van der Waals surface area (Å²) < 4.78 is 11.4. The number of aromatic nitrogens is 1. The molecule has 1 aromatic carbocycles. The Morgan fingerprint density at radius 1 is 1.26 bits per heavy atom. The van der Waals surface area contributed by atoms with Crippen LogP contribution < -0.4 is 15.2 Å². The summed E-state index contributed by atoms with van der Waals surface area (Å²) in [5.41, 5.74) is 8.54. The molecule has 0 unspecified atom stereocenters. The van der Waals surface area contributed by atoms with E-state index >= 15 is 0 Å². The molecule has 0 amide bonds. The van der Waals surface area contributed by atoms with E-state index in [2.05, 4.69) is 11.6 Å². The molecule has 0 aliphatic carbocycles. The minimum atomic E-state index is -0.479. The Morgan fingerprint density at radius 2 is 1.89 bits per heavy atom. The van der Waals surface area contributed by atoms with Gasteiger partial charge in [0.1, 0.15) is 6.10 Å². The zero-order chi connectivity index (χ0) is 20.1. The van der Waals surface area contributed by atoms with E-state index in [0.717, 1.165) is 0 Å². The number of nitrogen functional groups attached to an aromatic ring is 1. The lowest BCUT2D eigenvalue weighted by molar-refractivity contribution is 0.216. The highest BCUT2D eigenvalue weighted by atomic mass is 35.5. The Labute approximate surface area is 168 Å². The molecule has 0 saturated heterocycles. The number of ether oxygens (including phenoxy) is 2. The van der Waals surface area contributed by atoms with E-state index in [1.165, 1.54) is 19.5 Å². The van der Waals surface area contributed by atoms with Crippen LogP contribution in [-0.2, 0) is 0 Å². The number of nitrogens with one attached hydrogen (secondary N) is 1. The van der Waals surface area contributed by atoms with E-state index in [1.807, 2.05) is 13.8 Å². The van der Waals surface area contributed by atoms with Gasteiger partial charge in [0.15, 0.2) is 11.5 Å². The molecule has 0 bridgehead atoms. The zero-order valence-corrected chi connectivity index (χ0v) is 16.9. The molecular weight excluding hydrogens is 385 g/mol. The second-order valence-electron chi connectivity index (χ2n) is 5.69. The predicted octanol–water partition coefficient (Wildman–Crippen LogP) is 5.62. The first-order valence-electron chi connectivity index (χ1n) is 8.15. The van der Waals surface area contributed by atoms with Crippen LogP contribution in [0.25, 0.3) is 0 Å². The molecule has 0 spiro atoms. The number of allylic oxidation sites excluding steroid dienone is 3. The lowest BCUT2D eigenvalue weighted by Gasteiger charge is -2.20.